The highest BCUT2D eigenvalue weighted by atomic mass is 79.9. The highest BCUT2D eigenvalue weighted by Crippen LogP contribution is 2.30. The van der Waals surface area contributed by atoms with Gasteiger partial charge in [-0.25, -0.2) is 4.39 Å². The van der Waals surface area contributed by atoms with Crippen molar-refractivity contribution in [2.45, 2.75) is 26.4 Å². The zero-order valence-corrected chi connectivity index (χ0v) is 14.1. The van der Waals surface area contributed by atoms with Gasteiger partial charge in [0.2, 0.25) is 0 Å². The molecule has 0 atom stereocenters. The number of ether oxygens (including phenoxy) is 1. The molecule has 0 saturated carbocycles. The Morgan fingerprint density at radius 1 is 1.24 bits per heavy atom. The van der Waals surface area contributed by atoms with Crippen LogP contribution in [0.4, 0.5) is 4.39 Å². The molecule has 0 amide bonds. The molecular weight excluding hydrogens is 357 g/mol. The molecule has 5 heteroatoms. The van der Waals surface area contributed by atoms with E-state index in [0.29, 0.717) is 24.1 Å². The van der Waals surface area contributed by atoms with Crippen LogP contribution in [0.3, 0.4) is 0 Å². The molecule has 0 aliphatic carbocycles. The Balaban J connectivity index is 2.23. The average Bonchev–Trinajstić information content (AvgIpc) is 2.43. The molecule has 2 nitrogen and oxygen atoms in total. The highest BCUT2D eigenvalue weighted by Gasteiger charge is 2.08. The maximum atomic E-state index is 13.2. The number of nitrogens with one attached hydrogen (secondary N) is 1. The lowest BCUT2D eigenvalue weighted by Gasteiger charge is -2.14. The van der Waals surface area contributed by atoms with Crippen LogP contribution in [-0.2, 0) is 6.54 Å². The minimum Gasteiger partial charge on any atom is -0.457 e. The molecule has 0 radical (unpaired) electrons. The standard InChI is InChI=1S/C16H16BrClFNO/c1-10(2)20-9-11-7-12(17)3-6-16(11)21-13-4-5-15(19)14(18)8-13/h3-8,10,20H,9H2,1-2H3. The van der Waals surface area contributed by atoms with Crippen LogP contribution in [0.25, 0.3) is 0 Å². The molecule has 0 unspecified atom stereocenters. The summed E-state index contributed by atoms with van der Waals surface area (Å²) in [7, 11) is 0. The minimum absolute atomic E-state index is 0.0477. The van der Waals surface area contributed by atoms with E-state index in [4.69, 9.17) is 16.3 Å². The van der Waals surface area contributed by atoms with Crippen LogP contribution in [-0.4, -0.2) is 6.04 Å². The summed E-state index contributed by atoms with van der Waals surface area (Å²) >= 11 is 9.23. The smallest absolute Gasteiger partial charge is 0.142 e. The van der Waals surface area contributed by atoms with Crippen LogP contribution in [0.15, 0.2) is 40.9 Å². The molecule has 0 fully saturated rings. The zero-order valence-electron chi connectivity index (χ0n) is 11.8. The van der Waals surface area contributed by atoms with Gasteiger partial charge in [0.1, 0.15) is 17.3 Å². The van der Waals surface area contributed by atoms with Gasteiger partial charge in [-0.05, 0) is 30.3 Å². The predicted molar refractivity (Wildman–Crippen MR) is 87.6 cm³/mol. The summed E-state index contributed by atoms with van der Waals surface area (Å²) in [5.41, 5.74) is 1.01. The van der Waals surface area contributed by atoms with Crippen LogP contribution in [0.5, 0.6) is 11.5 Å². The fraction of sp³-hybridized carbons (Fsp3) is 0.250. The van der Waals surface area contributed by atoms with Crippen LogP contribution in [0.2, 0.25) is 5.02 Å². The van der Waals surface area contributed by atoms with Gasteiger partial charge < -0.3 is 10.1 Å². The Bertz CT molecular complexity index is 634. The van der Waals surface area contributed by atoms with Crippen LogP contribution < -0.4 is 10.1 Å². The normalized spacial score (nSPS) is 11.0. The lowest BCUT2D eigenvalue weighted by molar-refractivity contribution is 0.467. The van der Waals surface area contributed by atoms with E-state index >= 15 is 0 Å². The van der Waals surface area contributed by atoms with Crippen molar-refractivity contribution in [1.29, 1.82) is 0 Å². The van der Waals surface area contributed by atoms with Crippen molar-refractivity contribution in [2.75, 3.05) is 0 Å². The SMILES string of the molecule is CC(C)NCc1cc(Br)ccc1Oc1ccc(F)c(Cl)c1. The molecule has 21 heavy (non-hydrogen) atoms. The molecule has 0 aliphatic heterocycles. The largest absolute Gasteiger partial charge is 0.457 e. The Hall–Kier alpha value is -1.10. The number of rotatable bonds is 5. The molecule has 0 aliphatic rings. The van der Waals surface area contributed by atoms with E-state index in [9.17, 15) is 4.39 Å². The fourth-order valence-corrected chi connectivity index (χ4v) is 2.35. The van der Waals surface area contributed by atoms with Gasteiger partial charge in [0, 0.05) is 28.7 Å². The quantitative estimate of drug-likeness (QED) is 0.745. The molecule has 0 spiro atoms. The Kier molecular flexibility index (Phi) is 5.62. The van der Waals surface area contributed by atoms with Gasteiger partial charge >= 0.3 is 0 Å². The number of halogens is 3. The second-order valence-electron chi connectivity index (χ2n) is 4.97. The van der Waals surface area contributed by atoms with Crippen LogP contribution in [0, 0.1) is 5.82 Å². The first-order valence-electron chi connectivity index (χ1n) is 6.60. The monoisotopic (exact) mass is 371 g/mol. The summed E-state index contributed by atoms with van der Waals surface area (Å²) in [5.74, 6) is 0.769. The van der Waals surface area contributed by atoms with E-state index in [1.165, 1.54) is 12.1 Å². The van der Waals surface area contributed by atoms with Gasteiger partial charge in [-0.15, -0.1) is 0 Å². The molecule has 0 heterocycles. The van der Waals surface area contributed by atoms with Gasteiger partial charge in [0.25, 0.3) is 0 Å². The maximum absolute atomic E-state index is 13.2. The van der Waals surface area contributed by atoms with Crippen molar-refractivity contribution in [2.24, 2.45) is 0 Å². The third-order valence-electron chi connectivity index (χ3n) is 2.84. The molecule has 0 aromatic heterocycles. The van der Waals surface area contributed by atoms with Crippen LogP contribution in [0.1, 0.15) is 19.4 Å². The second-order valence-corrected chi connectivity index (χ2v) is 6.29. The third-order valence-corrected chi connectivity index (χ3v) is 3.63. The number of hydrogen-bond donors (Lipinski definition) is 1. The summed E-state index contributed by atoms with van der Waals surface area (Å²) in [5, 5.41) is 3.40. The first kappa shape index (κ1) is 16.3. The zero-order chi connectivity index (χ0) is 15.4. The summed E-state index contributed by atoms with van der Waals surface area (Å²) < 4.78 is 20.0. The van der Waals surface area contributed by atoms with E-state index in [-0.39, 0.29) is 5.02 Å². The summed E-state index contributed by atoms with van der Waals surface area (Å²) in [4.78, 5) is 0. The lowest BCUT2D eigenvalue weighted by Crippen LogP contribution is -2.22. The molecule has 0 saturated heterocycles. The van der Waals surface area contributed by atoms with Crippen molar-refractivity contribution < 1.29 is 9.13 Å². The van der Waals surface area contributed by atoms with Crippen molar-refractivity contribution in [1.82, 2.24) is 5.32 Å². The molecule has 2 aromatic carbocycles. The molecule has 112 valence electrons. The Morgan fingerprint density at radius 3 is 2.67 bits per heavy atom. The van der Waals surface area contributed by atoms with Gasteiger partial charge in [0.05, 0.1) is 5.02 Å². The van der Waals surface area contributed by atoms with E-state index in [1.807, 2.05) is 18.2 Å². The summed E-state index contributed by atoms with van der Waals surface area (Å²) in [6, 6.07) is 10.5. The summed E-state index contributed by atoms with van der Waals surface area (Å²) in [6.45, 7) is 4.85. The summed E-state index contributed by atoms with van der Waals surface area (Å²) in [6.07, 6.45) is 0. The topological polar surface area (TPSA) is 21.3 Å². The number of benzene rings is 2. The van der Waals surface area contributed by atoms with Gasteiger partial charge in [-0.3, -0.25) is 0 Å². The molecule has 2 aromatic rings. The molecule has 0 bridgehead atoms. The molecule has 1 N–H and O–H groups in total. The first-order chi connectivity index (χ1) is 9.95. The van der Waals surface area contributed by atoms with Crippen molar-refractivity contribution in [3.63, 3.8) is 0 Å². The van der Waals surface area contributed by atoms with Gasteiger partial charge in [-0.1, -0.05) is 41.4 Å². The van der Waals surface area contributed by atoms with Crippen molar-refractivity contribution in [3.05, 3.63) is 57.3 Å². The van der Waals surface area contributed by atoms with Crippen molar-refractivity contribution >= 4 is 27.5 Å². The number of hydrogen-bond acceptors (Lipinski definition) is 2. The van der Waals surface area contributed by atoms with E-state index in [1.54, 1.807) is 6.07 Å². The fourth-order valence-electron chi connectivity index (χ4n) is 1.77. The molecular formula is C16H16BrClFNO. The highest BCUT2D eigenvalue weighted by molar-refractivity contribution is 9.10. The lowest BCUT2D eigenvalue weighted by atomic mass is 10.2. The third kappa shape index (κ3) is 4.70. The predicted octanol–water partition coefficient (Wildman–Crippen LogP) is 5.53. The van der Waals surface area contributed by atoms with E-state index in [0.717, 1.165) is 10.0 Å². The Labute approximate surface area is 137 Å². The van der Waals surface area contributed by atoms with Gasteiger partial charge in [-0.2, -0.15) is 0 Å². The van der Waals surface area contributed by atoms with Crippen LogP contribution >= 0.6 is 27.5 Å². The molecule has 2 rings (SSSR count). The first-order valence-corrected chi connectivity index (χ1v) is 7.77. The van der Waals surface area contributed by atoms with E-state index < -0.39 is 5.82 Å². The van der Waals surface area contributed by atoms with Gasteiger partial charge in [0.15, 0.2) is 0 Å². The van der Waals surface area contributed by atoms with E-state index in [2.05, 4.69) is 35.1 Å². The average molecular weight is 373 g/mol. The second kappa shape index (κ2) is 7.25. The Morgan fingerprint density at radius 2 is 2.00 bits per heavy atom. The maximum Gasteiger partial charge on any atom is 0.142 e. The van der Waals surface area contributed by atoms with Crippen molar-refractivity contribution in [3.8, 4) is 11.5 Å². The minimum atomic E-state index is -0.457.